The van der Waals surface area contributed by atoms with Gasteiger partial charge in [-0.3, -0.25) is 19.7 Å². The summed E-state index contributed by atoms with van der Waals surface area (Å²) >= 11 is 0. The molecule has 1 fully saturated rings. The molecule has 7 nitrogen and oxygen atoms in total. The van der Waals surface area contributed by atoms with Crippen molar-refractivity contribution in [2.24, 2.45) is 0 Å². The highest BCUT2D eigenvalue weighted by atomic mass is 19.1. The molecular formula is C21H20FN3O4. The van der Waals surface area contributed by atoms with Crippen LogP contribution >= 0.6 is 0 Å². The summed E-state index contributed by atoms with van der Waals surface area (Å²) in [6, 6.07) is 9.26. The van der Waals surface area contributed by atoms with E-state index in [-0.39, 0.29) is 37.1 Å². The molecule has 1 atom stereocenters. The SMILES string of the molecule is COc1ccc(CNc2cccc3c2CN([C@@H]2CCC(=O)NC2=O)C3=O)c(F)c1. The number of carbonyl (C=O) groups is 3. The number of hydrogen-bond acceptors (Lipinski definition) is 5. The van der Waals surface area contributed by atoms with E-state index in [0.717, 1.165) is 5.56 Å². The van der Waals surface area contributed by atoms with Gasteiger partial charge in [-0.25, -0.2) is 4.39 Å². The minimum atomic E-state index is -0.667. The van der Waals surface area contributed by atoms with Gasteiger partial charge in [-0.2, -0.15) is 0 Å². The molecule has 3 amide bonds. The largest absolute Gasteiger partial charge is 0.497 e. The van der Waals surface area contributed by atoms with Crippen molar-refractivity contribution in [3.05, 3.63) is 58.9 Å². The van der Waals surface area contributed by atoms with Crippen LogP contribution in [0.5, 0.6) is 5.75 Å². The molecule has 1 saturated heterocycles. The molecule has 0 saturated carbocycles. The Morgan fingerprint density at radius 1 is 1.24 bits per heavy atom. The van der Waals surface area contributed by atoms with E-state index >= 15 is 0 Å². The van der Waals surface area contributed by atoms with Gasteiger partial charge in [-0.1, -0.05) is 12.1 Å². The fourth-order valence-electron chi connectivity index (χ4n) is 3.74. The maximum absolute atomic E-state index is 14.2. The van der Waals surface area contributed by atoms with Crippen molar-refractivity contribution in [1.82, 2.24) is 10.2 Å². The molecule has 4 rings (SSSR count). The van der Waals surface area contributed by atoms with Crippen molar-refractivity contribution in [2.45, 2.75) is 32.0 Å². The van der Waals surface area contributed by atoms with Crippen LogP contribution in [0.15, 0.2) is 36.4 Å². The number of nitrogens with zero attached hydrogens (tertiary/aromatic N) is 1. The fourth-order valence-corrected chi connectivity index (χ4v) is 3.74. The van der Waals surface area contributed by atoms with Crippen LogP contribution in [0.1, 0.15) is 34.3 Å². The van der Waals surface area contributed by atoms with E-state index in [4.69, 9.17) is 4.74 Å². The van der Waals surface area contributed by atoms with Gasteiger partial charge in [0.05, 0.1) is 7.11 Å². The van der Waals surface area contributed by atoms with Crippen molar-refractivity contribution in [1.29, 1.82) is 0 Å². The Morgan fingerprint density at radius 3 is 2.79 bits per heavy atom. The topological polar surface area (TPSA) is 87.7 Å². The number of anilines is 1. The third kappa shape index (κ3) is 3.53. The van der Waals surface area contributed by atoms with Gasteiger partial charge >= 0.3 is 0 Å². The van der Waals surface area contributed by atoms with Crippen LogP contribution in [0.25, 0.3) is 0 Å². The van der Waals surface area contributed by atoms with Crippen molar-refractivity contribution in [3.63, 3.8) is 0 Å². The Hall–Kier alpha value is -3.42. The molecule has 2 aromatic carbocycles. The summed E-state index contributed by atoms with van der Waals surface area (Å²) in [6.07, 6.45) is 0.516. The molecule has 0 bridgehead atoms. The smallest absolute Gasteiger partial charge is 0.255 e. The highest BCUT2D eigenvalue weighted by Gasteiger charge is 2.39. The number of hydrogen-bond donors (Lipinski definition) is 2. The average molecular weight is 397 g/mol. The number of amides is 3. The van der Waals surface area contributed by atoms with Gasteiger partial charge in [0.1, 0.15) is 17.6 Å². The number of rotatable bonds is 5. The number of benzene rings is 2. The lowest BCUT2D eigenvalue weighted by Crippen LogP contribution is -2.52. The molecule has 2 aliphatic heterocycles. The zero-order chi connectivity index (χ0) is 20.5. The molecule has 29 heavy (non-hydrogen) atoms. The highest BCUT2D eigenvalue weighted by Crippen LogP contribution is 2.32. The first-order valence-electron chi connectivity index (χ1n) is 9.30. The average Bonchev–Trinajstić information content (AvgIpc) is 3.04. The normalized spacial score (nSPS) is 18.5. The highest BCUT2D eigenvalue weighted by molar-refractivity contribution is 6.06. The van der Waals surface area contributed by atoms with Gasteiger partial charge in [0.2, 0.25) is 11.8 Å². The van der Waals surface area contributed by atoms with E-state index in [2.05, 4.69) is 10.6 Å². The predicted molar refractivity (Wildman–Crippen MR) is 103 cm³/mol. The number of nitrogens with one attached hydrogen (secondary N) is 2. The zero-order valence-corrected chi connectivity index (χ0v) is 15.8. The molecule has 2 aliphatic rings. The summed E-state index contributed by atoms with van der Waals surface area (Å²) in [7, 11) is 1.48. The third-order valence-corrected chi connectivity index (χ3v) is 5.31. The monoisotopic (exact) mass is 397 g/mol. The maximum atomic E-state index is 14.2. The molecule has 0 unspecified atom stereocenters. The fraction of sp³-hybridized carbons (Fsp3) is 0.286. The zero-order valence-electron chi connectivity index (χ0n) is 15.8. The molecular weight excluding hydrogens is 377 g/mol. The third-order valence-electron chi connectivity index (χ3n) is 5.31. The van der Waals surface area contributed by atoms with Crippen molar-refractivity contribution < 1.29 is 23.5 Å². The summed E-state index contributed by atoms with van der Waals surface area (Å²) in [5, 5.41) is 5.48. The number of fused-ring (bicyclic) bond motifs is 1. The Morgan fingerprint density at radius 2 is 2.07 bits per heavy atom. The van der Waals surface area contributed by atoms with Crippen LogP contribution in [0.2, 0.25) is 0 Å². The molecule has 0 radical (unpaired) electrons. The lowest BCUT2D eigenvalue weighted by molar-refractivity contribution is -0.136. The summed E-state index contributed by atoms with van der Waals surface area (Å²) < 4.78 is 19.2. The van der Waals surface area contributed by atoms with E-state index in [1.54, 1.807) is 24.3 Å². The van der Waals surface area contributed by atoms with Gasteiger partial charge in [-0.15, -0.1) is 0 Å². The van der Waals surface area contributed by atoms with E-state index in [1.807, 2.05) is 6.07 Å². The minimum Gasteiger partial charge on any atom is -0.497 e. The van der Waals surface area contributed by atoms with E-state index in [9.17, 15) is 18.8 Å². The summed E-state index contributed by atoms with van der Waals surface area (Å²) in [6.45, 7) is 0.494. The van der Waals surface area contributed by atoms with Crippen LogP contribution < -0.4 is 15.4 Å². The number of piperidine rings is 1. The molecule has 2 N–H and O–H groups in total. The molecule has 8 heteroatoms. The van der Waals surface area contributed by atoms with E-state index in [0.29, 0.717) is 29.0 Å². The summed E-state index contributed by atoms with van der Waals surface area (Å²) in [5.74, 6) is -0.951. The molecule has 150 valence electrons. The van der Waals surface area contributed by atoms with Crippen LogP contribution in [0.3, 0.4) is 0 Å². The maximum Gasteiger partial charge on any atom is 0.255 e. The van der Waals surface area contributed by atoms with Crippen LogP contribution in [-0.2, 0) is 22.7 Å². The quantitative estimate of drug-likeness (QED) is 0.756. The first-order valence-corrected chi connectivity index (χ1v) is 9.30. The van der Waals surface area contributed by atoms with Crippen molar-refractivity contribution in [3.8, 4) is 5.75 Å². The number of ether oxygens (including phenoxy) is 1. The summed E-state index contributed by atoms with van der Waals surface area (Å²) in [5.41, 5.74) is 2.45. The Kier molecular flexibility index (Phi) is 4.92. The number of halogens is 1. The molecule has 0 aliphatic carbocycles. The lowest BCUT2D eigenvalue weighted by Gasteiger charge is -2.29. The van der Waals surface area contributed by atoms with Gasteiger partial charge in [0.25, 0.3) is 5.91 Å². The number of carbonyl (C=O) groups excluding carboxylic acids is 3. The Labute approximate surface area is 166 Å². The second-order valence-corrected chi connectivity index (χ2v) is 7.04. The molecule has 0 spiro atoms. The van der Waals surface area contributed by atoms with Crippen molar-refractivity contribution >= 4 is 23.4 Å². The van der Waals surface area contributed by atoms with E-state index in [1.165, 1.54) is 18.1 Å². The summed E-state index contributed by atoms with van der Waals surface area (Å²) in [4.78, 5) is 37.9. The van der Waals surface area contributed by atoms with Gasteiger partial charge < -0.3 is 15.0 Å². The first kappa shape index (κ1) is 18.9. The standard InChI is InChI=1S/C21H20FN3O4/c1-29-13-6-5-12(16(22)9-13)10-23-17-4-2-3-14-15(17)11-25(21(14)28)18-7-8-19(26)24-20(18)27/h2-6,9,18,23H,7-8,10-11H2,1H3,(H,24,26,27)/t18-/m1/s1. The number of imide groups is 1. The van der Waals surface area contributed by atoms with Gasteiger partial charge in [-0.05, 0) is 24.6 Å². The van der Waals surface area contributed by atoms with Gasteiger partial charge in [0.15, 0.2) is 0 Å². The van der Waals surface area contributed by atoms with Crippen LogP contribution in [0, 0.1) is 5.82 Å². The predicted octanol–water partition coefficient (Wildman–Crippen LogP) is 2.21. The van der Waals surface area contributed by atoms with E-state index < -0.39 is 11.9 Å². The Balaban J connectivity index is 1.53. The minimum absolute atomic E-state index is 0.207. The lowest BCUT2D eigenvalue weighted by atomic mass is 10.0. The second-order valence-electron chi connectivity index (χ2n) is 7.04. The van der Waals surface area contributed by atoms with Crippen molar-refractivity contribution in [2.75, 3.05) is 12.4 Å². The molecule has 2 heterocycles. The van der Waals surface area contributed by atoms with Gasteiger partial charge in [0, 0.05) is 48.0 Å². The first-order chi connectivity index (χ1) is 14.0. The molecule has 2 aromatic rings. The van der Waals surface area contributed by atoms with Crippen LogP contribution in [-0.4, -0.2) is 35.8 Å². The van der Waals surface area contributed by atoms with Crippen LogP contribution in [0.4, 0.5) is 10.1 Å². The molecule has 0 aromatic heterocycles. The number of methoxy groups -OCH3 is 1. The Bertz CT molecular complexity index is 1010. The second kappa shape index (κ2) is 7.54.